The van der Waals surface area contributed by atoms with E-state index in [9.17, 15) is 17.6 Å². The Kier molecular flexibility index (Phi) is 5.62. The fourth-order valence-electron chi connectivity index (χ4n) is 3.37. The summed E-state index contributed by atoms with van der Waals surface area (Å²) in [5.74, 6) is -0.988. The largest absolute Gasteiger partial charge is 0.340 e. The van der Waals surface area contributed by atoms with Gasteiger partial charge in [0.25, 0.3) is 0 Å². The van der Waals surface area contributed by atoms with E-state index in [0.717, 1.165) is 11.1 Å². The zero-order valence-electron chi connectivity index (χ0n) is 15.1. The summed E-state index contributed by atoms with van der Waals surface area (Å²) in [6.45, 7) is 2.59. The van der Waals surface area contributed by atoms with Crippen molar-refractivity contribution >= 4 is 15.7 Å². The van der Waals surface area contributed by atoms with Crippen molar-refractivity contribution in [2.45, 2.75) is 30.2 Å². The second-order valence-corrected chi connectivity index (χ2v) is 9.12. The van der Waals surface area contributed by atoms with Crippen LogP contribution in [-0.4, -0.2) is 44.1 Å². The van der Waals surface area contributed by atoms with E-state index in [2.05, 4.69) is 0 Å². The number of benzene rings is 2. The van der Waals surface area contributed by atoms with Gasteiger partial charge >= 0.3 is 0 Å². The van der Waals surface area contributed by atoms with Crippen molar-refractivity contribution in [2.75, 3.05) is 18.8 Å². The summed E-state index contributed by atoms with van der Waals surface area (Å²) >= 11 is 0. The Balaban J connectivity index is 1.62. The van der Waals surface area contributed by atoms with Gasteiger partial charge < -0.3 is 10.6 Å². The molecule has 7 heteroatoms. The number of aryl methyl sites for hydroxylation is 1. The fraction of sp³-hybridized carbons (Fsp3) is 0.350. The number of rotatable bonds is 5. The maximum atomic E-state index is 13.5. The number of nitrogens with zero attached hydrogens (tertiary/aromatic N) is 1. The quantitative estimate of drug-likeness (QED) is 0.849. The molecule has 1 amide bonds. The van der Waals surface area contributed by atoms with Gasteiger partial charge in [-0.2, -0.15) is 0 Å². The smallest absolute Gasteiger partial charge is 0.223 e. The molecular formula is C20H23FN2O3S. The van der Waals surface area contributed by atoms with Gasteiger partial charge in [-0.25, -0.2) is 12.8 Å². The van der Waals surface area contributed by atoms with Crippen molar-refractivity contribution in [1.29, 1.82) is 0 Å². The van der Waals surface area contributed by atoms with Crippen molar-refractivity contribution in [1.82, 2.24) is 4.90 Å². The van der Waals surface area contributed by atoms with Crippen LogP contribution in [0.3, 0.4) is 0 Å². The Morgan fingerprint density at radius 1 is 1.19 bits per heavy atom. The number of carbonyl (C=O) groups is 1. The van der Waals surface area contributed by atoms with Crippen LogP contribution in [0.25, 0.3) is 0 Å². The first-order valence-corrected chi connectivity index (χ1v) is 10.5. The van der Waals surface area contributed by atoms with E-state index in [4.69, 9.17) is 5.73 Å². The number of halogens is 1. The van der Waals surface area contributed by atoms with Crippen LogP contribution in [0.1, 0.15) is 23.5 Å². The van der Waals surface area contributed by atoms with Crippen LogP contribution in [0.15, 0.2) is 53.4 Å². The summed E-state index contributed by atoms with van der Waals surface area (Å²) in [5, 5.41) is 0. The molecule has 27 heavy (non-hydrogen) atoms. The van der Waals surface area contributed by atoms with E-state index in [-0.39, 0.29) is 40.8 Å². The normalized spacial score (nSPS) is 20.0. The van der Waals surface area contributed by atoms with Crippen molar-refractivity contribution in [2.24, 2.45) is 5.73 Å². The van der Waals surface area contributed by atoms with Crippen LogP contribution >= 0.6 is 0 Å². The second kappa shape index (κ2) is 7.78. The van der Waals surface area contributed by atoms with Crippen molar-refractivity contribution in [3.63, 3.8) is 0 Å². The van der Waals surface area contributed by atoms with Gasteiger partial charge in [0, 0.05) is 31.5 Å². The first-order chi connectivity index (χ1) is 12.8. The van der Waals surface area contributed by atoms with Crippen LogP contribution < -0.4 is 5.73 Å². The highest BCUT2D eigenvalue weighted by atomic mass is 32.2. The number of likely N-dealkylation sites (tertiary alicyclic amines) is 1. The summed E-state index contributed by atoms with van der Waals surface area (Å²) in [6, 6.07) is 12.5. The van der Waals surface area contributed by atoms with Gasteiger partial charge in [-0.15, -0.1) is 0 Å². The molecule has 1 saturated heterocycles. The van der Waals surface area contributed by atoms with Crippen LogP contribution in [0.2, 0.25) is 0 Å². The van der Waals surface area contributed by atoms with Gasteiger partial charge in [0.15, 0.2) is 9.84 Å². The Morgan fingerprint density at radius 3 is 2.56 bits per heavy atom. The third-order valence-corrected chi connectivity index (χ3v) is 6.69. The highest BCUT2D eigenvalue weighted by Gasteiger charge is 2.34. The average Bonchev–Trinajstić information content (AvgIpc) is 3.02. The van der Waals surface area contributed by atoms with Gasteiger partial charge in [-0.3, -0.25) is 4.79 Å². The minimum atomic E-state index is -3.51. The molecule has 2 N–H and O–H groups in total. The standard InChI is InChI=1S/C20H23FN2O3S/c1-14-5-7-17(8-6-14)27(25,26)10-9-20(24)23-12-18(19(22)13-23)15-3-2-4-16(21)11-15/h2-8,11,18-19H,9-10,12-13,22H2,1H3/t18-,19+/m0/s1. The minimum absolute atomic E-state index is 0.0984. The van der Waals surface area contributed by atoms with Crippen LogP contribution in [-0.2, 0) is 14.6 Å². The third kappa shape index (κ3) is 4.54. The molecule has 2 atom stereocenters. The molecule has 5 nitrogen and oxygen atoms in total. The zero-order chi connectivity index (χ0) is 19.6. The molecule has 0 saturated carbocycles. The maximum Gasteiger partial charge on any atom is 0.223 e. The van der Waals surface area contributed by atoms with Crippen LogP contribution in [0, 0.1) is 12.7 Å². The Bertz CT molecular complexity index is 928. The summed E-state index contributed by atoms with van der Waals surface area (Å²) in [6.07, 6.45) is -0.0984. The SMILES string of the molecule is Cc1ccc(S(=O)(=O)CCC(=O)N2C[C@@H](N)[C@H](c3cccc(F)c3)C2)cc1. The van der Waals surface area contributed by atoms with Crippen molar-refractivity contribution in [3.05, 3.63) is 65.5 Å². The molecule has 0 aliphatic carbocycles. The molecule has 1 aliphatic heterocycles. The predicted octanol–water partition coefficient (Wildman–Crippen LogP) is 2.25. The van der Waals surface area contributed by atoms with Crippen molar-refractivity contribution < 1.29 is 17.6 Å². The maximum absolute atomic E-state index is 13.5. The molecule has 0 spiro atoms. The second-order valence-electron chi connectivity index (χ2n) is 7.01. The molecule has 2 aromatic carbocycles. The van der Waals surface area contributed by atoms with E-state index in [1.807, 2.05) is 6.92 Å². The molecule has 1 fully saturated rings. The Morgan fingerprint density at radius 2 is 1.89 bits per heavy atom. The fourth-order valence-corrected chi connectivity index (χ4v) is 4.60. The predicted molar refractivity (Wildman–Crippen MR) is 102 cm³/mol. The highest BCUT2D eigenvalue weighted by molar-refractivity contribution is 7.91. The first kappa shape index (κ1) is 19.5. The molecule has 0 unspecified atom stereocenters. The summed E-state index contributed by atoms with van der Waals surface area (Å²) in [4.78, 5) is 14.3. The number of sulfone groups is 1. The Labute approximate surface area is 158 Å². The van der Waals surface area contributed by atoms with E-state index >= 15 is 0 Å². The first-order valence-electron chi connectivity index (χ1n) is 8.84. The highest BCUT2D eigenvalue weighted by Crippen LogP contribution is 2.27. The molecule has 0 radical (unpaired) electrons. The molecule has 0 bridgehead atoms. The van der Waals surface area contributed by atoms with E-state index in [0.29, 0.717) is 13.1 Å². The lowest BCUT2D eigenvalue weighted by molar-refractivity contribution is -0.129. The summed E-state index contributed by atoms with van der Waals surface area (Å²) in [7, 11) is -3.51. The summed E-state index contributed by atoms with van der Waals surface area (Å²) < 4.78 is 38.3. The number of hydrogen-bond acceptors (Lipinski definition) is 4. The average molecular weight is 390 g/mol. The minimum Gasteiger partial charge on any atom is -0.340 e. The molecule has 144 valence electrons. The van der Waals surface area contributed by atoms with E-state index in [1.165, 1.54) is 12.1 Å². The lowest BCUT2D eigenvalue weighted by atomic mass is 9.95. The molecule has 1 heterocycles. The molecular weight excluding hydrogens is 367 g/mol. The van der Waals surface area contributed by atoms with Crippen LogP contribution in [0.4, 0.5) is 4.39 Å². The monoisotopic (exact) mass is 390 g/mol. The van der Waals surface area contributed by atoms with Gasteiger partial charge in [-0.05, 0) is 36.8 Å². The molecule has 1 aliphatic rings. The number of amides is 1. The summed E-state index contributed by atoms with van der Waals surface area (Å²) in [5.41, 5.74) is 7.87. The lowest BCUT2D eigenvalue weighted by Crippen LogP contribution is -2.33. The molecule has 0 aromatic heterocycles. The number of nitrogens with two attached hydrogens (primary N) is 1. The topological polar surface area (TPSA) is 80.5 Å². The van der Waals surface area contributed by atoms with Gasteiger partial charge in [0.2, 0.25) is 5.91 Å². The third-order valence-electron chi connectivity index (χ3n) is 4.96. The van der Waals surface area contributed by atoms with E-state index in [1.54, 1.807) is 41.3 Å². The van der Waals surface area contributed by atoms with Gasteiger partial charge in [0.05, 0.1) is 10.6 Å². The van der Waals surface area contributed by atoms with Gasteiger partial charge in [-0.1, -0.05) is 29.8 Å². The number of hydrogen-bond donors (Lipinski definition) is 1. The molecule has 3 rings (SSSR count). The van der Waals surface area contributed by atoms with Gasteiger partial charge in [0.1, 0.15) is 5.82 Å². The lowest BCUT2D eigenvalue weighted by Gasteiger charge is -2.16. The van der Waals surface area contributed by atoms with Crippen molar-refractivity contribution in [3.8, 4) is 0 Å². The Hall–Kier alpha value is -2.25. The van der Waals surface area contributed by atoms with E-state index < -0.39 is 9.84 Å². The zero-order valence-corrected chi connectivity index (χ0v) is 16.0. The number of carbonyl (C=O) groups excluding carboxylic acids is 1. The van der Waals surface area contributed by atoms with Crippen LogP contribution in [0.5, 0.6) is 0 Å². The molecule has 2 aromatic rings.